The topological polar surface area (TPSA) is 80.0 Å². The molecule has 106 valence electrons. The van der Waals surface area contributed by atoms with Crippen LogP contribution < -0.4 is 5.32 Å². The Hall–Kier alpha value is -2.37. The smallest absolute Gasteiger partial charge is 0.335 e. The Balaban J connectivity index is 2.19. The highest BCUT2D eigenvalue weighted by Gasteiger charge is 2.10. The number of nitrogens with zero attached hydrogens (tertiary/aromatic N) is 3. The fraction of sp³-hybridized carbons (Fsp3) is 0.357. The molecule has 0 saturated heterocycles. The number of carboxylic acid groups (broad SMARTS) is 1. The summed E-state index contributed by atoms with van der Waals surface area (Å²) in [5.74, 6) is -0.204. The molecule has 0 unspecified atom stereocenters. The van der Waals surface area contributed by atoms with E-state index in [4.69, 9.17) is 5.11 Å². The summed E-state index contributed by atoms with van der Waals surface area (Å²) < 4.78 is 1.72. The normalized spacial score (nSPS) is 10.8. The van der Waals surface area contributed by atoms with Crippen molar-refractivity contribution in [2.24, 2.45) is 7.05 Å². The largest absolute Gasteiger partial charge is 0.478 e. The molecule has 0 aliphatic rings. The van der Waals surface area contributed by atoms with Crippen molar-refractivity contribution >= 4 is 11.8 Å². The minimum absolute atomic E-state index is 0.174. The molecule has 0 spiro atoms. The monoisotopic (exact) mass is 274 g/mol. The maximum Gasteiger partial charge on any atom is 0.335 e. The summed E-state index contributed by atoms with van der Waals surface area (Å²) in [4.78, 5) is 15.6. The van der Waals surface area contributed by atoms with Crippen LogP contribution in [0.3, 0.4) is 0 Å². The highest BCUT2D eigenvalue weighted by Crippen LogP contribution is 2.18. The molecule has 0 radical (unpaired) electrons. The molecule has 0 bridgehead atoms. The predicted molar refractivity (Wildman–Crippen MR) is 75.8 cm³/mol. The van der Waals surface area contributed by atoms with Crippen LogP contribution in [0, 0.1) is 0 Å². The first kappa shape index (κ1) is 14.0. The number of hydrogen-bond donors (Lipinski definition) is 2. The zero-order chi connectivity index (χ0) is 14.7. The van der Waals surface area contributed by atoms with Gasteiger partial charge in [0.05, 0.1) is 11.8 Å². The lowest BCUT2D eigenvalue weighted by atomic mass is 10.1. The van der Waals surface area contributed by atoms with Crippen molar-refractivity contribution in [3.8, 4) is 0 Å². The van der Waals surface area contributed by atoms with Gasteiger partial charge in [-0.15, -0.1) is 0 Å². The van der Waals surface area contributed by atoms with E-state index >= 15 is 0 Å². The number of rotatable bonds is 5. The van der Waals surface area contributed by atoms with Crippen LogP contribution in [-0.2, 0) is 13.6 Å². The third-order valence-corrected chi connectivity index (χ3v) is 2.92. The Labute approximate surface area is 117 Å². The maximum absolute atomic E-state index is 11.1. The van der Waals surface area contributed by atoms with E-state index in [2.05, 4.69) is 15.4 Å². The molecule has 0 saturated carbocycles. The zero-order valence-corrected chi connectivity index (χ0v) is 11.8. The number of carboxylic acids is 1. The lowest BCUT2D eigenvalue weighted by molar-refractivity contribution is 0.0696. The lowest BCUT2D eigenvalue weighted by Crippen LogP contribution is -2.07. The Morgan fingerprint density at radius 3 is 2.75 bits per heavy atom. The van der Waals surface area contributed by atoms with Crippen LogP contribution in [0.15, 0.2) is 24.5 Å². The second-order valence-electron chi connectivity index (χ2n) is 5.00. The first-order valence-electron chi connectivity index (χ1n) is 6.42. The number of aromatic nitrogens is 3. The molecule has 0 fully saturated rings. The highest BCUT2D eigenvalue weighted by molar-refractivity contribution is 5.88. The molecule has 0 aromatic carbocycles. The summed E-state index contributed by atoms with van der Waals surface area (Å²) in [6, 6.07) is 3.16. The van der Waals surface area contributed by atoms with Crippen molar-refractivity contribution in [2.45, 2.75) is 26.3 Å². The van der Waals surface area contributed by atoms with Gasteiger partial charge in [0, 0.05) is 31.0 Å². The number of carbonyl (C=O) groups is 1. The minimum atomic E-state index is -0.946. The van der Waals surface area contributed by atoms with Gasteiger partial charge >= 0.3 is 5.97 Å². The lowest BCUT2D eigenvalue weighted by Gasteiger charge is -2.10. The van der Waals surface area contributed by atoms with Crippen molar-refractivity contribution < 1.29 is 9.90 Å². The van der Waals surface area contributed by atoms with Crippen LogP contribution >= 0.6 is 0 Å². The van der Waals surface area contributed by atoms with Crippen molar-refractivity contribution in [1.29, 1.82) is 0 Å². The van der Waals surface area contributed by atoms with Crippen LogP contribution in [0.4, 0.5) is 5.82 Å². The van der Waals surface area contributed by atoms with Crippen LogP contribution in [-0.4, -0.2) is 25.8 Å². The molecule has 0 amide bonds. The molecule has 2 N–H and O–H groups in total. The molecular formula is C14H18N4O2. The highest BCUT2D eigenvalue weighted by atomic mass is 16.4. The van der Waals surface area contributed by atoms with E-state index < -0.39 is 5.97 Å². The molecule has 2 rings (SSSR count). The molecule has 0 aliphatic carbocycles. The van der Waals surface area contributed by atoms with Gasteiger partial charge < -0.3 is 10.4 Å². The third-order valence-electron chi connectivity index (χ3n) is 2.92. The van der Waals surface area contributed by atoms with Gasteiger partial charge in [0.1, 0.15) is 5.82 Å². The van der Waals surface area contributed by atoms with Gasteiger partial charge in [-0.05, 0) is 18.1 Å². The average Bonchev–Trinajstić information content (AvgIpc) is 2.81. The van der Waals surface area contributed by atoms with Crippen LogP contribution in [0.1, 0.15) is 41.4 Å². The fourth-order valence-corrected chi connectivity index (χ4v) is 1.82. The van der Waals surface area contributed by atoms with Crippen LogP contribution in [0.25, 0.3) is 0 Å². The first-order valence-corrected chi connectivity index (χ1v) is 6.42. The number of aryl methyl sites for hydroxylation is 1. The van der Waals surface area contributed by atoms with Gasteiger partial charge in [-0.2, -0.15) is 5.10 Å². The van der Waals surface area contributed by atoms with E-state index in [1.54, 1.807) is 23.0 Å². The van der Waals surface area contributed by atoms with Crippen LogP contribution in [0.2, 0.25) is 0 Å². The quantitative estimate of drug-likeness (QED) is 0.874. The van der Waals surface area contributed by atoms with E-state index in [9.17, 15) is 4.79 Å². The summed E-state index contributed by atoms with van der Waals surface area (Å²) in [6.45, 7) is 4.53. The molecule has 0 aliphatic heterocycles. The minimum Gasteiger partial charge on any atom is -0.478 e. The Morgan fingerprint density at radius 1 is 1.45 bits per heavy atom. The van der Waals surface area contributed by atoms with Gasteiger partial charge in [0.15, 0.2) is 0 Å². The summed E-state index contributed by atoms with van der Waals surface area (Å²) in [5.41, 5.74) is 2.03. The van der Waals surface area contributed by atoms with E-state index in [1.165, 1.54) is 0 Å². The maximum atomic E-state index is 11.1. The molecule has 2 aromatic heterocycles. The Kier molecular flexibility index (Phi) is 4.02. The molecule has 2 heterocycles. The number of hydrogen-bond acceptors (Lipinski definition) is 4. The Morgan fingerprint density at radius 2 is 2.20 bits per heavy atom. The van der Waals surface area contributed by atoms with Gasteiger partial charge in [-0.3, -0.25) is 4.68 Å². The van der Waals surface area contributed by atoms with Gasteiger partial charge in [-0.1, -0.05) is 13.8 Å². The molecule has 2 aromatic rings. The van der Waals surface area contributed by atoms with E-state index in [0.29, 0.717) is 12.4 Å². The number of nitrogens with one attached hydrogen (secondary N) is 1. The van der Waals surface area contributed by atoms with Gasteiger partial charge in [0.2, 0.25) is 0 Å². The second kappa shape index (κ2) is 5.73. The second-order valence-corrected chi connectivity index (χ2v) is 5.00. The van der Waals surface area contributed by atoms with Crippen molar-refractivity contribution in [2.75, 3.05) is 5.32 Å². The molecule has 0 atom stereocenters. The standard InChI is InChI=1S/C14H18N4O2/c1-9(2)12-4-11(14(19)20)5-13(17-12)15-6-10-7-16-18(3)8-10/h4-5,7-9H,6H2,1-3H3,(H,15,17)(H,19,20). The first-order chi connectivity index (χ1) is 9.45. The van der Waals surface area contributed by atoms with Crippen molar-refractivity contribution in [1.82, 2.24) is 14.8 Å². The molecular weight excluding hydrogens is 256 g/mol. The SMILES string of the molecule is CC(C)c1cc(C(=O)O)cc(NCc2cnn(C)c2)n1. The number of pyridine rings is 1. The van der Waals surface area contributed by atoms with E-state index in [1.807, 2.05) is 27.1 Å². The van der Waals surface area contributed by atoms with Crippen LogP contribution in [0.5, 0.6) is 0 Å². The van der Waals surface area contributed by atoms with Gasteiger partial charge in [0.25, 0.3) is 0 Å². The predicted octanol–water partition coefficient (Wildman–Crippen LogP) is 2.25. The average molecular weight is 274 g/mol. The van der Waals surface area contributed by atoms with Crippen molar-refractivity contribution in [3.63, 3.8) is 0 Å². The third kappa shape index (κ3) is 3.34. The Bertz CT molecular complexity index is 619. The fourth-order valence-electron chi connectivity index (χ4n) is 1.82. The molecule has 6 nitrogen and oxygen atoms in total. The summed E-state index contributed by atoms with van der Waals surface area (Å²) in [5, 5.41) is 16.4. The van der Waals surface area contributed by atoms with Gasteiger partial charge in [-0.25, -0.2) is 9.78 Å². The van der Waals surface area contributed by atoms with Crippen molar-refractivity contribution in [3.05, 3.63) is 41.3 Å². The number of aromatic carboxylic acids is 1. The van der Waals surface area contributed by atoms with E-state index in [-0.39, 0.29) is 11.5 Å². The summed E-state index contributed by atoms with van der Waals surface area (Å²) >= 11 is 0. The molecule has 20 heavy (non-hydrogen) atoms. The molecule has 6 heteroatoms. The summed E-state index contributed by atoms with van der Waals surface area (Å²) in [7, 11) is 1.85. The zero-order valence-electron chi connectivity index (χ0n) is 11.8. The summed E-state index contributed by atoms with van der Waals surface area (Å²) in [6.07, 6.45) is 3.66. The van der Waals surface area contributed by atoms with E-state index in [0.717, 1.165) is 11.3 Å². The number of anilines is 1.